The van der Waals surface area contributed by atoms with E-state index in [0.717, 1.165) is 24.0 Å². The lowest BCUT2D eigenvalue weighted by atomic mass is 9.98. The molecule has 1 atom stereocenters. The minimum Gasteiger partial charge on any atom is -0.363 e. The molecular weight excluding hydrogens is 336 g/mol. The highest BCUT2D eigenvalue weighted by atomic mass is 16.1. The Labute approximate surface area is 159 Å². The van der Waals surface area contributed by atoms with Crippen LogP contribution in [0.2, 0.25) is 0 Å². The van der Waals surface area contributed by atoms with Gasteiger partial charge in [-0.1, -0.05) is 18.2 Å². The van der Waals surface area contributed by atoms with Gasteiger partial charge in [-0.2, -0.15) is 0 Å². The molecule has 1 saturated carbocycles. The van der Waals surface area contributed by atoms with Gasteiger partial charge in [-0.25, -0.2) is 9.97 Å². The van der Waals surface area contributed by atoms with Crippen molar-refractivity contribution in [1.29, 1.82) is 0 Å². The smallest absolute Gasteiger partial charge is 0.253 e. The lowest BCUT2D eigenvalue weighted by Crippen LogP contribution is -2.27. The van der Waals surface area contributed by atoms with Gasteiger partial charge < -0.3 is 9.88 Å². The molecule has 5 nitrogen and oxygen atoms in total. The minimum absolute atomic E-state index is 0.00845. The quantitative estimate of drug-likeness (QED) is 0.747. The summed E-state index contributed by atoms with van der Waals surface area (Å²) in [7, 11) is 0. The van der Waals surface area contributed by atoms with Crippen LogP contribution in [0.4, 0.5) is 5.82 Å². The summed E-state index contributed by atoms with van der Waals surface area (Å²) in [6.45, 7) is 10.4. The van der Waals surface area contributed by atoms with Crippen molar-refractivity contribution in [2.24, 2.45) is 0 Å². The first kappa shape index (κ1) is 17.7. The SMILES string of the molecule is Cc1nc(N[C@H](C)c2cccc(C)c2C)c2cn(C3(C)CC3)c(=O)cc2n1. The highest BCUT2D eigenvalue weighted by Crippen LogP contribution is 2.42. The highest BCUT2D eigenvalue weighted by molar-refractivity contribution is 5.88. The molecule has 3 aromatic rings. The van der Waals surface area contributed by atoms with E-state index in [4.69, 9.17) is 0 Å². The zero-order chi connectivity index (χ0) is 19.3. The van der Waals surface area contributed by atoms with Crippen LogP contribution in [0.25, 0.3) is 10.9 Å². The second-order valence-electron chi connectivity index (χ2n) is 8.05. The lowest BCUT2D eigenvalue weighted by molar-refractivity contribution is 0.516. The Hall–Kier alpha value is -2.69. The number of fused-ring (bicyclic) bond motifs is 1. The predicted molar refractivity (Wildman–Crippen MR) is 109 cm³/mol. The van der Waals surface area contributed by atoms with Crippen LogP contribution in [0, 0.1) is 20.8 Å². The van der Waals surface area contributed by atoms with Crippen molar-refractivity contribution >= 4 is 16.7 Å². The first-order valence-corrected chi connectivity index (χ1v) is 9.53. The monoisotopic (exact) mass is 362 g/mol. The Morgan fingerprint density at radius 2 is 1.93 bits per heavy atom. The third kappa shape index (κ3) is 3.11. The number of hydrogen-bond acceptors (Lipinski definition) is 4. The number of rotatable bonds is 4. The predicted octanol–water partition coefficient (Wildman–Crippen LogP) is 4.40. The van der Waals surface area contributed by atoms with Crippen LogP contribution in [0.5, 0.6) is 0 Å². The van der Waals surface area contributed by atoms with E-state index in [0.29, 0.717) is 11.3 Å². The largest absolute Gasteiger partial charge is 0.363 e. The van der Waals surface area contributed by atoms with Gasteiger partial charge in [0, 0.05) is 17.8 Å². The summed E-state index contributed by atoms with van der Waals surface area (Å²) in [6, 6.07) is 8.10. The van der Waals surface area contributed by atoms with Gasteiger partial charge in [0.25, 0.3) is 5.56 Å². The maximum atomic E-state index is 12.6. The summed E-state index contributed by atoms with van der Waals surface area (Å²) < 4.78 is 1.85. The first-order chi connectivity index (χ1) is 12.8. The molecule has 0 amide bonds. The van der Waals surface area contributed by atoms with E-state index >= 15 is 0 Å². The molecule has 0 bridgehead atoms. The van der Waals surface area contributed by atoms with Crippen molar-refractivity contribution in [3.63, 3.8) is 0 Å². The molecule has 0 spiro atoms. The molecule has 1 aliphatic rings. The lowest BCUT2D eigenvalue weighted by Gasteiger charge is -2.20. The number of benzene rings is 1. The van der Waals surface area contributed by atoms with Gasteiger partial charge in [0.2, 0.25) is 0 Å². The van der Waals surface area contributed by atoms with Crippen molar-refractivity contribution in [3.8, 4) is 0 Å². The Bertz CT molecular complexity index is 1100. The maximum absolute atomic E-state index is 12.6. The molecule has 2 heterocycles. The van der Waals surface area contributed by atoms with Gasteiger partial charge in [-0.05, 0) is 64.2 Å². The molecule has 1 aromatic carbocycles. The van der Waals surface area contributed by atoms with Crippen molar-refractivity contribution < 1.29 is 0 Å². The van der Waals surface area contributed by atoms with E-state index in [2.05, 4.69) is 61.2 Å². The van der Waals surface area contributed by atoms with Crippen LogP contribution in [0.1, 0.15) is 55.2 Å². The van der Waals surface area contributed by atoms with Gasteiger partial charge in [-0.3, -0.25) is 4.79 Å². The van der Waals surface area contributed by atoms with Crippen molar-refractivity contribution in [2.45, 2.75) is 59.0 Å². The van der Waals surface area contributed by atoms with Gasteiger partial charge in [0.1, 0.15) is 11.6 Å². The Morgan fingerprint density at radius 1 is 1.19 bits per heavy atom. The molecule has 140 valence electrons. The molecule has 0 radical (unpaired) electrons. The standard InChI is InChI=1S/C22H26N4O/c1-13-7-6-8-17(14(13)2)15(3)23-21-18-12-26(22(5)9-10-22)20(27)11-19(18)24-16(4)25-21/h6-8,11-12,15H,9-10H2,1-5H3,(H,23,24,25)/t15-/m1/s1. The fourth-order valence-electron chi connectivity index (χ4n) is 3.70. The van der Waals surface area contributed by atoms with Crippen LogP contribution in [0.3, 0.4) is 0 Å². The number of anilines is 1. The van der Waals surface area contributed by atoms with Crippen molar-refractivity contribution in [3.05, 3.63) is 63.3 Å². The summed E-state index contributed by atoms with van der Waals surface area (Å²) in [5.41, 5.74) is 4.46. The third-order valence-electron chi connectivity index (χ3n) is 5.86. The highest BCUT2D eigenvalue weighted by Gasteiger charge is 2.40. The van der Waals surface area contributed by atoms with Crippen molar-refractivity contribution in [2.75, 3.05) is 5.32 Å². The van der Waals surface area contributed by atoms with Crippen LogP contribution in [-0.4, -0.2) is 14.5 Å². The number of aryl methyl sites for hydroxylation is 2. The maximum Gasteiger partial charge on any atom is 0.253 e. The number of hydrogen-bond donors (Lipinski definition) is 1. The zero-order valence-corrected chi connectivity index (χ0v) is 16.6. The summed E-state index contributed by atoms with van der Waals surface area (Å²) in [5, 5.41) is 4.46. The van der Waals surface area contributed by atoms with Gasteiger partial charge in [0.05, 0.1) is 16.9 Å². The second-order valence-corrected chi connectivity index (χ2v) is 8.05. The van der Waals surface area contributed by atoms with E-state index in [1.807, 2.05) is 17.7 Å². The summed E-state index contributed by atoms with van der Waals surface area (Å²) >= 11 is 0. The van der Waals surface area contributed by atoms with Crippen LogP contribution in [0.15, 0.2) is 35.3 Å². The van der Waals surface area contributed by atoms with Crippen LogP contribution < -0.4 is 10.9 Å². The summed E-state index contributed by atoms with van der Waals surface area (Å²) in [5.74, 6) is 1.44. The molecule has 0 aliphatic heterocycles. The molecule has 4 rings (SSSR count). The minimum atomic E-state index is -0.0633. The second kappa shape index (κ2) is 6.19. The zero-order valence-electron chi connectivity index (χ0n) is 16.6. The normalized spacial score (nSPS) is 16.3. The van der Waals surface area contributed by atoms with Crippen LogP contribution >= 0.6 is 0 Å². The number of aromatic nitrogens is 3. The molecule has 0 saturated heterocycles. The molecule has 1 aliphatic carbocycles. The Morgan fingerprint density at radius 3 is 2.63 bits per heavy atom. The van der Waals surface area contributed by atoms with Gasteiger partial charge in [-0.15, -0.1) is 0 Å². The topological polar surface area (TPSA) is 59.8 Å². The molecule has 5 heteroatoms. The van der Waals surface area contributed by atoms with Crippen LogP contribution in [-0.2, 0) is 5.54 Å². The molecule has 0 unspecified atom stereocenters. The number of nitrogens with one attached hydrogen (secondary N) is 1. The van der Waals surface area contributed by atoms with E-state index in [1.165, 1.54) is 16.7 Å². The summed E-state index contributed by atoms with van der Waals surface area (Å²) in [4.78, 5) is 21.7. The number of nitrogens with zero attached hydrogens (tertiary/aromatic N) is 3. The molecule has 2 aromatic heterocycles. The average molecular weight is 362 g/mol. The average Bonchev–Trinajstić information content (AvgIpc) is 3.34. The summed E-state index contributed by atoms with van der Waals surface area (Å²) in [6.07, 6.45) is 4.00. The Kier molecular flexibility index (Phi) is 4.06. The number of pyridine rings is 1. The first-order valence-electron chi connectivity index (χ1n) is 9.53. The van der Waals surface area contributed by atoms with Crippen molar-refractivity contribution in [1.82, 2.24) is 14.5 Å². The molecule has 1 N–H and O–H groups in total. The van der Waals surface area contributed by atoms with E-state index in [1.54, 1.807) is 6.07 Å². The fraction of sp³-hybridized carbons (Fsp3) is 0.409. The van der Waals surface area contributed by atoms with E-state index in [-0.39, 0.29) is 17.1 Å². The molecular formula is C22H26N4O. The van der Waals surface area contributed by atoms with Gasteiger partial charge in [0.15, 0.2) is 0 Å². The van der Waals surface area contributed by atoms with E-state index < -0.39 is 0 Å². The van der Waals surface area contributed by atoms with Gasteiger partial charge >= 0.3 is 0 Å². The molecule has 1 fully saturated rings. The fourth-order valence-corrected chi connectivity index (χ4v) is 3.70. The third-order valence-corrected chi connectivity index (χ3v) is 5.86. The van der Waals surface area contributed by atoms with E-state index in [9.17, 15) is 4.79 Å². The molecule has 27 heavy (non-hydrogen) atoms. The Balaban J connectivity index is 1.81.